The van der Waals surface area contributed by atoms with E-state index < -0.39 is 10.0 Å². The number of rotatable bonds is 5. The maximum atomic E-state index is 12.0. The minimum atomic E-state index is -3.08. The first-order chi connectivity index (χ1) is 11.9. The number of carbonyl (C=O) groups is 1. The van der Waals surface area contributed by atoms with Crippen LogP contribution in [0.5, 0.6) is 0 Å². The summed E-state index contributed by atoms with van der Waals surface area (Å²) in [5.74, 6) is 0.813. The van der Waals surface area contributed by atoms with Gasteiger partial charge in [0.05, 0.1) is 6.26 Å². The molecule has 0 aromatic heterocycles. The molecule has 6 nitrogen and oxygen atoms in total. The SMILES string of the molecule is CS(=O)(=O)N1CC(CNC(=O)NC2CCC(c3ccccc3)CC2)C1. The van der Waals surface area contributed by atoms with E-state index in [1.54, 1.807) is 0 Å². The second-order valence-electron chi connectivity index (χ2n) is 7.26. The Morgan fingerprint density at radius 1 is 1.12 bits per heavy atom. The molecule has 0 bridgehead atoms. The zero-order valence-electron chi connectivity index (χ0n) is 14.6. The minimum absolute atomic E-state index is 0.138. The van der Waals surface area contributed by atoms with Gasteiger partial charge < -0.3 is 10.6 Å². The maximum Gasteiger partial charge on any atom is 0.315 e. The van der Waals surface area contributed by atoms with Crippen molar-refractivity contribution in [3.8, 4) is 0 Å². The van der Waals surface area contributed by atoms with Crippen molar-refractivity contribution in [2.45, 2.75) is 37.6 Å². The first-order valence-electron chi connectivity index (χ1n) is 8.96. The summed E-state index contributed by atoms with van der Waals surface area (Å²) in [6, 6.07) is 10.7. The average molecular weight is 365 g/mol. The number of nitrogens with one attached hydrogen (secondary N) is 2. The van der Waals surface area contributed by atoms with Crippen molar-refractivity contribution in [1.82, 2.24) is 14.9 Å². The lowest BCUT2D eigenvalue weighted by atomic mass is 9.82. The Hall–Kier alpha value is -1.60. The van der Waals surface area contributed by atoms with E-state index in [0.29, 0.717) is 25.6 Å². The molecule has 0 radical (unpaired) electrons. The molecule has 0 spiro atoms. The molecular weight excluding hydrogens is 338 g/mol. The van der Waals surface area contributed by atoms with Gasteiger partial charge in [0.1, 0.15) is 0 Å². The van der Waals surface area contributed by atoms with E-state index in [1.165, 1.54) is 16.1 Å². The average Bonchev–Trinajstić information content (AvgIpc) is 2.53. The molecule has 0 unspecified atom stereocenters. The summed E-state index contributed by atoms with van der Waals surface area (Å²) in [6.07, 6.45) is 5.41. The largest absolute Gasteiger partial charge is 0.338 e. The minimum Gasteiger partial charge on any atom is -0.338 e. The molecule has 1 aromatic carbocycles. The third kappa shape index (κ3) is 4.95. The maximum absolute atomic E-state index is 12.0. The topological polar surface area (TPSA) is 78.5 Å². The third-order valence-corrected chi connectivity index (χ3v) is 6.51. The van der Waals surface area contributed by atoms with Gasteiger partial charge in [-0.05, 0) is 37.2 Å². The van der Waals surface area contributed by atoms with Crippen LogP contribution in [0.25, 0.3) is 0 Å². The zero-order chi connectivity index (χ0) is 17.9. The summed E-state index contributed by atoms with van der Waals surface area (Å²) in [5, 5.41) is 5.93. The molecule has 2 amide bonds. The lowest BCUT2D eigenvalue weighted by Gasteiger charge is -2.37. The molecule has 1 aliphatic carbocycles. The van der Waals surface area contributed by atoms with Crippen molar-refractivity contribution in [3.05, 3.63) is 35.9 Å². The highest BCUT2D eigenvalue weighted by Gasteiger charge is 2.33. The summed E-state index contributed by atoms with van der Waals surface area (Å²) in [5.41, 5.74) is 1.39. The highest BCUT2D eigenvalue weighted by Crippen LogP contribution is 2.32. The molecule has 2 fully saturated rings. The molecule has 1 saturated heterocycles. The predicted octanol–water partition coefficient (Wildman–Crippen LogP) is 1.90. The summed E-state index contributed by atoms with van der Waals surface area (Å²) in [7, 11) is -3.08. The molecule has 2 aliphatic rings. The summed E-state index contributed by atoms with van der Waals surface area (Å²) < 4.78 is 24.1. The molecule has 1 aromatic rings. The molecule has 138 valence electrons. The van der Waals surface area contributed by atoms with E-state index in [2.05, 4.69) is 34.9 Å². The van der Waals surface area contributed by atoms with Crippen molar-refractivity contribution < 1.29 is 13.2 Å². The molecular formula is C18H27N3O3S. The van der Waals surface area contributed by atoms with E-state index in [9.17, 15) is 13.2 Å². The molecule has 1 heterocycles. The normalized spacial score (nSPS) is 25.2. The van der Waals surface area contributed by atoms with Gasteiger partial charge in [0.25, 0.3) is 0 Å². The van der Waals surface area contributed by atoms with Crippen LogP contribution in [0.2, 0.25) is 0 Å². The van der Waals surface area contributed by atoms with Gasteiger partial charge in [0, 0.05) is 31.6 Å². The first kappa shape index (κ1) is 18.2. The van der Waals surface area contributed by atoms with Gasteiger partial charge in [0.2, 0.25) is 10.0 Å². The number of benzene rings is 1. The van der Waals surface area contributed by atoms with Gasteiger partial charge in [-0.25, -0.2) is 17.5 Å². The molecule has 1 aliphatic heterocycles. The molecule has 3 rings (SSSR count). The van der Waals surface area contributed by atoms with Gasteiger partial charge in [-0.3, -0.25) is 0 Å². The summed E-state index contributed by atoms with van der Waals surface area (Å²) in [4.78, 5) is 12.0. The van der Waals surface area contributed by atoms with Gasteiger partial charge in [0.15, 0.2) is 0 Å². The Balaban J connectivity index is 1.33. The number of hydrogen-bond donors (Lipinski definition) is 2. The fourth-order valence-corrected chi connectivity index (χ4v) is 4.66. The Morgan fingerprint density at radius 2 is 1.76 bits per heavy atom. The van der Waals surface area contributed by atoms with Gasteiger partial charge in [-0.1, -0.05) is 30.3 Å². The van der Waals surface area contributed by atoms with Crippen LogP contribution in [0.3, 0.4) is 0 Å². The van der Waals surface area contributed by atoms with Crippen LogP contribution in [0, 0.1) is 5.92 Å². The Bertz CT molecular complexity index is 679. The standard InChI is InChI=1S/C18H27N3O3S/c1-25(23,24)21-12-14(13-21)11-19-18(22)20-17-9-7-16(8-10-17)15-5-3-2-4-6-15/h2-6,14,16-17H,7-13H2,1H3,(H2,19,20,22). The van der Waals surface area contributed by atoms with E-state index in [-0.39, 0.29) is 18.0 Å². The van der Waals surface area contributed by atoms with Crippen molar-refractivity contribution >= 4 is 16.1 Å². The Kier molecular flexibility index (Phi) is 5.64. The number of amides is 2. The molecule has 0 atom stereocenters. The second kappa shape index (κ2) is 7.74. The fourth-order valence-electron chi connectivity index (χ4n) is 3.69. The highest BCUT2D eigenvalue weighted by atomic mass is 32.2. The van der Waals surface area contributed by atoms with Gasteiger partial charge in [-0.2, -0.15) is 0 Å². The molecule has 1 saturated carbocycles. The van der Waals surface area contributed by atoms with Crippen LogP contribution in [0.4, 0.5) is 4.79 Å². The zero-order valence-corrected chi connectivity index (χ0v) is 15.5. The number of carbonyl (C=O) groups excluding carboxylic acids is 1. The van der Waals surface area contributed by atoms with Crippen molar-refractivity contribution in [2.75, 3.05) is 25.9 Å². The third-order valence-electron chi connectivity index (χ3n) is 5.28. The van der Waals surface area contributed by atoms with Crippen LogP contribution < -0.4 is 10.6 Å². The molecule has 2 N–H and O–H groups in total. The van der Waals surface area contributed by atoms with Crippen LogP contribution in [0.1, 0.15) is 37.2 Å². The second-order valence-corrected chi connectivity index (χ2v) is 9.24. The van der Waals surface area contributed by atoms with Crippen LogP contribution in [-0.2, 0) is 10.0 Å². The van der Waals surface area contributed by atoms with Crippen molar-refractivity contribution in [2.24, 2.45) is 5.92 Å². The number of nitrogens with zero attached hydrogens (tertiary/aromatic N) is 1. The number of sulfonamides is 1. The van der Waals surface area contributed by atoms with Crippen molar-refractivity contribution in [3.63, 3.8) is 0 Å². The van der Waals surface area contributed by atoms with Crippen molar-refractivity contribution in [1.29, 1.82) is 0 Å². The highest BCUT2D eigenvalue weighted by molar-refractivity contribution is 7.88. The van der Waals surface area contributed by atoms with Crippen LogP contribution >= 0.6 is 0 Å². The van der Waals surface area contributed by atoms with Gasteiger partial charge >= 0.3 is 6.03 Å². The summed E-state index contributed by atoms with van der Waals surface area (Å²) in [6.45, 7) is 1.53. The lowest BCUT2D eigenvalue weighted by Crippen LogP contribution is -2.54. The smallest absolute Gasteiger partial charge is 0.315 e. The van der Waals surface area contributed by atoms with Gasteiger partial charge in [-0.15, -0.1) is 0 Å². The molecule has 25 heavy (non-hydrogen) atoms. The predicted molar refractivity (Wildman–Crippen MR) is 97.9 cm³/mol. The van der Waals surface area contributed by atoms with Crippen LogP contribution in [0.15, 0.2) is 30.3 Å². The number of urea groups is 1. The molecule has 7 heteroatoms. The van der Waals surface area contributed by atoms with E-state index in [4.69, 9.17) is 0 Å². The summed E-state index contributed by atoms with van der Waals surface area (Å²) >= 11 is 0. The fraction of sp³-hybridized carbons (Fsp3) is 0.611. The quantitative estimate of drug-likeness (QED) is 0.836. The Morgan fingerprint density at radius 3 is 2.36 bits per heavy atom. The van der Waals surface area contributed by atoms with E-state index >= 15 is 0 Å². The lowest BCUT2D eigenvalue weighted by molar-refractivity contribution is 0.191. The monoisotopic (exact) mass is 365 g/mol. The first-order valence-corrected chi connectivity index (χ1v) is 10.8. The number of hydrogen-bond acceptors (Lipinski definition) is 3. The van der Waals surface area contributed by atoms with E-state index in [1.807, 2.05) is 6.07 Å². The van der Waals surface area contributed by atoms with E-state index in [0.717, 1.165) is 25.7 Å². The Labute approximate surface area is 150 Å². The van der Waals surface area contributed by atoms with Crippen LogP contribution in [-0.4, -0.2) is 50.7 Å².